The van der Waals surface area contributed by atoms with Crippen LogP contribution in [0.1, 0.15) is 363 Å². The lowest BCUT2D eigenvalue weighted by Crippen LogP contribution is -2.30. The quantitative estimate of drug-likeness (QED) is 0.0222. The molecule has 17 nitrogen and oxygen atoms in total. The Balaban J connectivity index is 5.25. The van der Waals surface area contributed by atoms with E-state index in [0.29, 0.717) is 25.7 Å². The van der Waals surface area contributed by atoms with Crippen molar-refractivity contribution < 1.29 is 80.2 Å². The number of carbonyl (C=O) groups is 4. The average Bonchev–Trinajstić information content (AvgIpc) is 2.99. The predicted molar refractivity (Wildman–Crippen MR) is 363 cm³/mol. The second-order valence-corrected chi connectivity index (χ2v) is 29.3. The molecule has 0 fully saturated rings. The number of unbranched alkanes of at least 4 members (excludes halogenated alkanes) is 39. The maximum atomic E-state index is 13.0. The van der Waals surface area contributed by atoms with Crippen LogP contribution in [0.2, 0.25) is 0 Å². The maximum Gasteiger partial charge on any atom is 0.472 e. The van der Waals surface area contributed by atoms with Crippen molar-refractivity contribution >= 4 is 39.5 Å². The highest BCUT2D eigenvalue weighted by molar-refractivity contribution is 7.47. The molecule has 0 aliphatic rings. The summed E-state index contributed by atoms with van der Waals surface area (Å²) in [4.78, 5) is 72.6. The molecule has 6 atom stereocenters. The number of aliphatic hydroxyl groups is 1. The van der Waals surface area contributed by atoms with E-state index in [2.05, 4.69) is 41.5 Å². The molecule has 90 heavy (non-hydrogen) atoms. The number of esters is 4. The lowest BCUT2D eigenvalue weighted by Gasteiger charge is -2.21. The third-order valence-corrected chi connectivity index (χ3v) is 18.7. The van der Waals surface area contributed by atoms with Gasteiger partial charge in [-0.1, -0.05) is 311 Å². The van der Waals surface area contributed by atoms with Gasteiger partial charge in [0.1, 0.15) is 19.3 Å². The smallest absolute Gasteiger partial charge is 0.462 e. The second kappa shape index (κ2) is 63.1. The van der Waals surface area contributed by atoms with Crippen LogP contribution < -0.4 is 0 Å². The summed E-state index contributed by atoms with van der Waals surface area (Å²) in [7, 11) is -9.90. The molecule has 3 unspecified atom stereocenters. The van der Waals surface area contributed by atoms with Crippen molar-refractivity contribution in [2.45, 2.75) is 381 Å². The van der Waals surface area contributed by atoms with Crippen molar-refractivity contribution in [2.75, 3.05) is 39.6 Å². The summed E-state index contributed by atoms with van der Waals surface area (Å²) in [5.74, 6) is -0.614. The van der Waals surface area contributed by atoms with Crippen LogP contribution in [0.3, 0.4) is 0 Å². The van der Waals surface area contributed by atoms with Crippen molar-refractivity contribution in [2.24, 2.45) is 11.8 Å². The van der Waals surface area contributed by atoms with Gasteiger partial charge in [0.05, 0.1) is 26.4 Å². The van der Waals surface area contributed by atoms with E-state index in [-0.39, 0.29) is 25.7 Å². The van der Waals surface area contributed by atoms with Gasteiger partial charge in [0.15, 0.2) is 12.2 Å². The zero-order valence-electron chi connectivity index (χ0n) is 58.4. The SMILES string of the molecule is CCCCCCCCCCCCCCCCC(=O)OC[C@H](COP(=O)(O)OC[C@@H](O)COP(=O)(O)OC[C@@H](COC(=O)CCCCCCCCC(C)CC)OC(=O)CCCCCCCCCCCCC)OC(=O)CCCCCCCCCCCCCCC(C)C. The number of phosphoric acid groups is 2. The van der Waals surface area contributed by atoms with Crippen LogP contribution in [0.5, 0.6) is 0 Å². The Kier molecular flexibility index (Phi) is 61.8. The maximum absolute atomic E-state index is 13.0. The summed E-state index contributed by atoms with van der Waals surface area (Å²) in [6.45, 7) is 9.53. The highest BCUT2D eigenvalue weighted by atomic mass is 31.2. The lowest BCUT2D eigenvalue weighted by molar-refractivity contribution is -0.161. The van der Waals surface area contributed by atoms with Crippen LogP contribution in [0.4, 0.5) is 0 Å². The van der Waals surface area contributed by atoms with Gasteiger partial charge in [-0.3, -0.25) is 37.3 Å². The van der Waals surface area contributed by atoms with Gasteiger partial charge in [0.25, 0.3) is 0 Å². The van der Waals surface area contributed by atoms with Gasteiger partial charge in [-0.15, -0.1) is 0 Å². The third-order valence-electron chi connectivity index (χ3n) is 16.8. The van der Waals surface area contributed by atoms with Crippen molar-refractivity contribution in [3.8, 4) is 0 Å². The van der Waals surface area contributed by atoms with Gasteiger partial charge in [0, 0.05) is 25.7 Å². The van der Waals surface area contributed by atoms with E-state index in [9.17, 15) is 43.2 Å². The molecule has 0 spiro atoms. The normalized spacial score (nSPS) is 14.4. The topological polar surface area (TPSA) is 237 Å². The molecule has 3 N–H and O–H groups in total. The van der Waals surface area contributed by atoms with Gasteiger partial charge < -0.3 is 33.8 Å². The second-order valence-electron chi connectivity index (χ2n) is 26.3. The Morgan fingerprint density at radius 3 is 0.844 bits per heavy atom. The number of aliphatic hydroxyl groups excluding tert-OH is 1. The molecule has 0 saturated carbocycles. The van der Waals surface area contributed by atoms with Crippen molar-refractivity contribution in [3.05, 3.63) is 0 Å². The van der Waals surface area contributed by atoms with Gasteiger partial charge in [-0.25, -0.2) is 9.13 Å². The van der Waals surface area contributed by atoms with Gasteiger partial charge in [0.2, 0.25) is 0 Å². The minimum Gasteiger partial charge on any atom is -0.462 e. The molecule has 19 heteroatoms. The highest BCUT2D eigenvalue weighted by Gasteiger charge is 2.30. The van der Waals surface area contributed by atoms with Gasteiger partial charge in [-0.2, -0.15) is 0 Å². The van der Waals surface area contributed by atoms with Crippen molar-refractivity contribution in [3.63, 3.8) is 0 Å². The summed E-state index contributed by atoms with van der Waals surface area (Å²) in [5, 5.41) is 10.6. The summed E-state index contributed by atoms with van der Waals surface area (Å²) < 4.78 is 68.3. The number of hydrogen-bond acceptors (Lipinski definition) is 15. The van der Waals surface area contributed by atoms with Crippen LogP contribution in [0.15, 0.2) is 0 Å². The Labute approximate surface area is 549 Å². The van der Waals surface area contributed by atoms with E-state index in [1.807, 2.05) is 0 Å². The molecule has 0 aromatic carbocycles. The zero-order valence-corrected chi connectivity index (χ0v) is 60.2. The molecule has 0 heterocycles. The molecule has 0 bridgehead atoms. The fourth-order valence-corrected chi connectivity index (χ4v) is 12.3. The largest absolute Gasteiger partial charge is 0.472 e. The van der Waals surface area contributed by atoms with Gasteiger partial charge in [-0.05, 0) is 37.5 Å². The Morgan fingerprint density at radius 2 is 0.567 bits per heavy atom. The van der Waals surface area contributed by atoms with E-state index in [4.69, 9.17) is 37.0 Å². The number of rotatable bonds is 70. The molecule has 0 amide bonds. The first-order chi connectivity index (χ1) is 43.4. The minimum absolute atomic E-state index is 0.106. The van der Waals surface area contributed by atoms with Gasteiger partial charge >= 0.3 is 39.5 Å². The first kappa shape index (κ1) is 88.1. The number of carbonyl (C=O) groups excluding carboxylic acids is 4. The van der Waals surface area contributed by atoms with Crippen molar-refractivity contribution in [1.29, 1.82) is 0 Å². The Morgan fingerprint density at radius 1 is 0.322 bits per heavy atom. The van der Waals surface area contributed by atoms with Crippen LogP contribution in [-0.4, -0.2) is 96.7 Å². The molecule has 0 aromatic heterocycles. The molecule has 0 aliphatic carbocycles. The molecule has 0 saturated heterocycles. The van der Waals surface area contributed by atoms with E-state index in [1.54, 1.807) is 0 Å². The highest BCUT2D eigenvalue weighted by Crippen LogP contribution is 2.45. The molecule has 0 rings (SSSR count). The first-order valence-electron chi connectivity index (χ1n) is 37.0. The first-order valence-corrected chi connectivity index (χ1v) is 40.0. The number of hydrogen-bond donors (Lipinski definition) is 3. The number of ether oxygens (including phenoxy) is 4. The standard InChI is InChI=1S/C71H138O17P2/c1-7-10-12-14-16-18-20-21-22-27-30-34-41-47-53-68(73)81-59-66(87-71(76)56-50-44-36-32-28-24-23-26-29-33-39-45-51-63(4)5)61-85-89(77,78)83-57-65(72)58-84-90(79,80)86-62-67(60-82-69(74)54-48-42-38-37-40-46-52-64(6)9-3)88-70(75)55-49-43-35-31-25-19-17-15-13-11-8-2/h63-67,72H,7-62H2,1-6H3,(H,77,78)(H,79,80)/t64?,65-,66-,67-/m1/s1. The van der Waals surface area contributed by atoms with E-state index < -0.39 is 97.5 Å². The average molecular weight is 1330 g/mol. The predicted octanol–water partition coefficient (Wildman–Crippen LogP) is 20.4. The molecular weight excluding hydrogens is 1190 g/mol. The molecule has 0 aromatic rings. The van der Waals surface area contributed by atoms with Crippen LogP contribution >= 0.6 is 15.6 Å². The van der Waals surface area contributed by atoms with E-state index >= 15 is 0 Å². The van der Waals surface area contributed by atoms with Crippen LogP contribution in [0, 0.1) is 11.8 Å². The summed E-state index contributed by atoms with van der Waals surface area (Å²) >= 11 is 0. The van der Waals surface area contributed by atoms with E-state index in [1.165, 1.54) is 173 Å². The molecular formula is C71H138O17P2. The minimum atomic E-state index is -4.95. The number of phosphoric ester groups is 2. The lowest BCUT2D eigenvalue weighted by atomic mass is 10.00. The fourth-order valence-electron chi connectivity index (χ4n) is 10.7. The van der Waals surface area contributed by atoms with Crippen molar-refractivity contribution in [1.82, 2.24) is 0 Å². The summed E-state index contributed by atoms with van der Waals surface area (Å²) in [5.41, 5.74) is 0. The summed E-state index contributed by atoms with van der Waals surface area (Å²) in [6.07, 6.45) is 48.5. The summed E-state index contributed by atoms with van der Waals surface area (Å²) in [6, 6.07) is 0. The zero-order chi connectivity index (χ0) is 66.5. The third kappa shape index (κ3) is 63.5. The molecule has 0 aliphatic heterocycles. The monoisotopic (exact) mass is 1320 g/mol. The fraction of sp³-hybridized carbons (Fsp3) is 0.944. The molecule has 534 valence electrons. The van der Waals surface area contributed by atoms with Crippen LogP contribution in [0.25, 0.3) is 0 Å². The Hall–Kier alpha value is -1.94. The van der Waals surface area contributed by atoms with E-state index in [0.717, 1.165) is 108 Å². The molecule has 0 radical (unpaired) electrons. The Bertz CT molecular complexity index is 1750. The van der Waals surface area contributed by atoms with Crippen LogP contribution in [-0.2, 0) is 65.4 Å².